The summed E-state index contributed by atoms with van der Waals surface area (Å²) in [5.74, 6) is 5.94. The zero-order valence-corrected chi connectivity index (χ0v) is 54.1. The van der Waals surface area contributed by atoms with E-state index in [0.717, 1.165) is 90.7 Å². The molecule has 1 aromatic heterocycles. The van der Waals surface area contributed by atoms with E-state index in [2.05, 4.69) is 107 Å². The Morgan fingerprint density at radius 2 is 1.73 bits per heavy atom. The van der Waals surface area contributed by atoms with Crippen LogP contribution < -0.4 is 56.4 Å². The molecule has 0 radical (unpaired) electrons. The van der Waals surface area contributed by atoms with Crippen LogP contribution in [0.2, 0.25) is 0 Å². The third-order valence-electron chi connectivity index (χ3n) is 22.0. The Labute approximate surface area is 546 Å². The second kappa shape index (κ2) is 25.3. The number of benzene rings is 5. The summed E-state index contributed by atoms with van der Waals surface area (Å²) in [6.45, 7) is 3.01. The van der Waals surface area contributed by atoms with Crippen molar-refractivity contribution >= 4 is 21.9 Å². The van der Waals surface area contributed by atoms with Crippen molar-refractivity contribution < 1.29 is 67.3 Å². The molecule has 460 valence electrons. The Bertz CT molecular complexity index is 3810. The second-order valence-corrected chi connectivity index (χ2v) is 28.9. The van der Waals surface area contributed by atoms with E-state index in [4.69, 9.17) is 25.9 Å². The number of ether oxygens (including phenoxy) is 2. The molecule has 89 heavy (non-hydrogen) atoms. The molecule has 5 aromatic carbocycles. The molecule has 7 heterocycles. The van der Waals surface area contributed by atoms with Crippen molar-refractivity contribution in [1.82, 2.24) is 10.3 Å². The summed E-state index contributed by atoms with van der Waals surface area (Å²) >= 11 is 0. The fourth-order valence-corrected chi connectivity index (χ4v) is 18.9. The first kappa shape index (κ1) is 61.9. The second-order valence-electron chi connectivity index (χ2n) is 27.3. The molecule has 16 heteroatoms. The molecule has 14 nitrogen and oxygen atoms in total. The number of rotatable bonds is 11. The van der Waals surface area contributed by atoms with Crippen molar-refractivity contribution in [3.05, 3.63) is 194 Å². The van der Waals surface area contributed by atoms with E-state index in [1.54, 1.807) is 12.1 Å². The Morgan fingerprint density at radius 3 is 2.52 bits per heavy atom. The van der Waals surface area contributed by atoms with Crippen LogP contribution in [0, 0.1) is 41.4 Å². The maximum atomic E-state index is 14.4. The van der Waals surface area contributed by atoms with Gasteiger partial charge in [-0.15, -0.1) is 0 Å². The van der Waals surface area contributed by atoms with Crippen molar-refractivity contribution in [1.29, 1.82) is 0 Å². The standard InChI is InChI=1S/C73H84N6O8S.Na/c1-43-14-15-49-36-56-22-25-58(49)62(43)39-65(88(83,84)85)63-38-52-34-51(37-57-33-45(42-80)10-5-11-48-35-55(81)21-24-60(48)70(52)86-57)67(63)46-16-19-53(20-17-46)73(87-56,79-71(74)75)41-54(32-44-8-3-2-4-9-44)72(82)29-6-12-50(40-72)59-23-18-47-28-31-77-69-64(27-26-61(59)68(47)69)78-66-13-7-30-76-66;/h2-4,7-9,13,16-25,30,35-36,38,43,45,50-51,54,57,62-65,67,69-70,76-78,80-82H,6,10,12,14-15,26-29,31-34,37,39-42H2,1H3,(H4,74,75,79)(H,83,84,85);/q;+1/p-1. The van der Waals surface area contributed by atoms with Gasteiger partial charge in [-0.25, -0.2) is 13.4 Å². The number of aromatic hydroxyl groups is 1. The number of nitrogens with one attached hydrogen (secondary N) is 3. The van der Waals surface area contributed by atoms with Gasteiger partial charge in [0.1, 0.15) is 23.4 Å². The van der Waals surface area contributed by atoms with Gasteiger partial charge in [0.25, 0.3) is 0 Å². The Kier molecular flexibility index (Phi) is 17.6. The van der Waals surface area contributed by atoms with Gasteiger partial charge >= 0.3 is 29.6 Å². The smallest absolute Gasteiger partial charge is 0.748 e. The van der Waals surface area contributed by atoms with Gasteiger partial charge in [0.15, 0.2) is 5.96 Å². The predicted molar refractivity (Wildman–Crippen MR) is 341 cm³/mol. The fraction of sp³-hybridized carbons (Fsp3) is 0.466. The van der Waals surface area contributed by atoms with E-state index in [1.165, 1.54) is 22.3 Å². The zero-order valence-electron chi connectivity index (χ0n) is 51.3. The Balaban J connectivity index is 0.00000729. The number of guanidine groups is 1. The number of aliphatic imine (C=N–C) groups is 1. The molecule has 2 fully saturated rings. The predicted octanol–water partition coefficient (Wildman–Crippen LogP) is 8.09. The van der Waals surface area contributed by atoms with Crippen LogP contribution >= 0.6 is 0 Å². The monoisotopic (exact) mass is 1230 g/mol. The average Bonchev–Trinajstić information content (AvgIpc) is 1.88. The van der Waals surface area contributed by atoms with E-state index < -0.39 is 50.6 Å². The largest absolute Gasteiger partial charge is 1.00 e. The number of phenolic OH excluding ortho intramolecular Hbond substituents is 1. The number of nitrogens with zero attached hydrogens (tertiary/aromatic N) is 1. The van der Waals surface area contributed by atoms with Gasteiger partial charge in [0.05, 0.1) is 33.1 Å². The molecule has 10 aliphatic rings. The Hall–Kier alpha value is -5.90. The number of aromatic nitrogens is 1. The molecule has 16 rings (SSSR count). The third-order valence-corrected chi connectivity index (χ3v) is 23.2. The SMILES string of the molecule is CC1CCc2cc3ccc2C1CC(S(=O)(=O)[O-])C1C=C2CC(CC4CC(CO)CC#Cc5cc(O)ccc5C2O4)C1c1ccc(cc1)C(CC(Cc1ccccc1)C1(O)CCCC(c2ccc4c5c2CCC(Nc2ccc[nH]2)C5NCC4)C1)(N=C(N)N)O3.[Na+]. The number of anilines is 1. The number of H-pyrrole nitrogens is 1. The first-order chi connectivity index (χ1) is 42.6. The van der Waals surface area contributed by atoms with Crippen LogP contribution in [-0.2, 0) is 46.3 Å². The molecule has 0 spiro atoms. The molecule has 6 aliphatic heterocycles. The van der Waals surface area contributed by atoms with E-state index in [9.17, 15) is 28.3 Å². The van der Waals surface area contributed by atoms with Crippen molar-refractivity contribution in [2.75, 3.05) is 18.5 Å². The number of phenols is 1. The number of hydrogen-bond donors (Lipinski definition) is 8. The van der Waals surface area contributed by atoms with E-state index >= 15 is 0 Å². The maximum absolute atomic E-state index is 14.4. The minimum atomic E-state index is -4.96. The fourth-order valence-electron chi connectivity index (χ4n) is 17.8. The normalized spacial score (nSPS) is 31.3. The van der Waals surface area contributed by atoms with E-state index in [1.807, 2.05) is 42.6 Å². The summed E-state index contributed by atoms with van der Waals surface area (Å²) in [4.78, 5) is 8.60. The third kappa shape index (κ3) is 12.3. The number of hydrogen-bond acceptors (Lipinski definition) is 11. The van der Waals surface area contributed by atoms with Gasteiger partial charge in [-0.1, -0.05) is 104 Å². The minimum absolute atomic E-state index is 0. The van der Waals surface area contributed by atoms with Crippen LogP contribution in [0.5, 0.6) is 11.5 Å². The first-order valence-electron chi connectivity index (χ1n) is 32.4. The quantitative estimate of drug-likeness (QED) is 0.0153. The molecule has 1 saturated carbocycles. The van der Waals surface area contributed by atoms with Gasteiger partial charge in [0.2, 0.25) is 5.72 Å². The van der Waals surface area contributed by atoms with Crippen LogP contribution in [0.3, 0.4) is 0 Å². The number of aliphatic hydroxyl groups excluding tert-OH is 1. The summed E-state index contributed by atoms with van der Waals surface area (Å²) in [6.07, 6.45) is 13.3. The molecule has 4 aliphatic carbocycles. The summed E-state index contributed by atoms with van der Waals surface area (Å²) in [5, 5.41) is 41.9. The van der Waals surface area contributed by atoms with Gasteiger partial charge in [-0.2, -0.15) is 0 Å². The van der Waals surface area contributed by atoms with Crippen LogP contribution in [0.4, 0.5) is 5.82 Å². The van der Waals surface area contributed by atoms with Gasteiger partial charge in [-0.05, 0) is 230 Å². The molecule has 15 unspecified atom stereocenters. The van der Waals surface area contributed by atoms with Crippen molar-refractivity contribution in [2.24, 2.45) is 46.0 Å². The van der Waals surface area contributed by atoms with Crippen LogP contribution in [0.15, 0.2) is 138 Å². The molecule has 15 atom stereocenters. The number of fused-ring (bicyclic) bond motifs is 9. The summed E-state index contributed by atoms with van der Waals surface area (Å²) in [6, 6.07) is 39.0. The van der Waals surface area contributed by atoms with Gasteiger partial charge in [-0.3, -0.25) is 0 Å². The van der Waals surface area contributed by atoms with Crippen LogP contribution in [0.25, 0.3) is 0 Å². The Morgan fingerprint density at radius 1 is 0.910 bits per heavy atom. The summed E-state index contributed by atoms with van der Waals surface area (Å²) < 4.78 is 58.1. The maximum Gasteiger partial charge on any atom is 1.00 e. The number of aromatic amines is 1. The molecule has 0 amide bonds. The summed E-state index contributed by atoms with van der Waals surface area (Å²) in [5.41, 5.74) is 23.1. The average molecular weight is 1230 g/mol. The number of aliphatic hydroxyl groups is 2. The topological polar surface area (TPSA) is 241 Å². The molecule has 10 bridgehead atoms. The molecular formula is C73H83N6NaO8S. The zero-order chi connectivity index (χ0) is 60.5. The number of nitrogens with two attached hydrogens (primary N) is 2. The van der Waals surface area contributed by atoms with Crippen LogP contribution in [-0.4, -0.2) is 75.4 Å². The molecular weight excluding hydrogens is 1140 g/mol. The van der Waals surface area contributed by atoms with Crippen molar-refractivity contribution in [3.8, 4) is 23.3 Å². The molecule has 6 aromatic rings. The number of allylic oxidation sites excluding steroid dienone is 1. The first-order valence-corrected chi connectivity index (χ1v) is 33.9. The van der Waals surface area contributed by atoms with E-state index in [-0.39, 0.29) is 108 Å². The van der Waals surface area contributed by atoms with Gasteiger partial charge < -0.3 is 56.4 Å². The minimum Gasteiger partial charge on any atom is -0.748 e. The molecule has 1 saturated heterocycles. The van der Waals surface area contributed by atoms with Gasteiger partial charge in [0, 0.05) is 48.4 Å². The van der Waals surface area contributed by atoms with E-state index in [0.29, 0.717) is 61.8 Å². The van der Waals surface area contributed by atoms with Crippen molar-refractivity contribution in [3.63, 3.8) is 0 Å². The van der Waals surface area contributed by atoms with Crippen LogP contribution in [0.1, 0.15) is 175 Å². The van der Waals surface area contributed by atoms with Crippen molar-refractivity contribution in [2.45, 2.75) is 168 Å². The molecule has 10 N–H and O–H groups in total. The summed E-state index contributed by atoms with van der Waals surface area (Å²) in [7, 11) is -4.96. The number of aryl methyl sites for hydroxylation is 1.